The van der Waals surface area contributed by atoms with E-state index in [0.717, 1.165) is 4.90 Å². The monoisotopic (exact) mass is 474 g/mol. The predicted octanol–water partition coefficient (Wildman–Crippen LogP) is 1.93. The van der Waals surface area contributed by atoms with Crippen LogP contribution in [-0.4, -0.2) is 51.0 Å². The molecule has 0 aliphatic heterocycles. The average Bonchev–Trinajstić information content (AvgIpc) is 2.66. The van der Waals surface area contributed by atoms with Gasteiger partial charge in [0.25, 0.3) is 5.91 Å². The van der Waals surface area contributed by atoms with Crippen molar-refractivity contribution in [2.75, 3.05) is 0 Å². The van der Waals surface area contributed by atoms with Crippen molar-refractivity contribution < 1.29 is 29.0 Å². The number of phenols is 1. The van der Waals surface area contributed by atoms with E-state index >= 15 is 0 Å². The van der Waals surface area contributed by atoms with Crippen LogP contribution < -0.4 is 16.4 Å². The molecule has 10 heteroatoms. The van der Waals surface area contributed by atoms with Crippen LogP contribution in [0.15, 0.2) is 24.3 Å². The first-order valence-corrected chi connectivity index (χ1v) is 10.7. The number of terminal acetylenes is 1. The van der Waals surface area contributed by atoms with Crippen LogP contribution in [0.3, 0.4) is 0 Å². The second-order valence-corrected chi connectivity index (χ2v) is 9.74. The zero-order valence-corrected chi connectivity index (χ0v) is 20.5. The number of benzene rings is 1. The van der Waals surface area contributed by atoms with E-state index in [0.29, 0.717) is 0 Å². The number of amides is 4. The van der Waals surface area contributed by atoms with Gasteiger partial charge in [0, 0.05) is 23.6 Å². The van der Waals surface area contributed by atoms with Crippen molar-refractivity contribution in [2.24, 2.45) is 5.73 Å². The number of para-hydroxylation sites is 1. The van der Waals surface area contributed by atoms with Crippen LogP contribution in [0.1, 0.15) is 66.0 Å². The molecule has 0 saturated carbocycles. The Balaban J connectivity index is 3.43. The van der Waals surface area contributed by atoms with Crippen molar-refractivity contribution in [3.05, 3.63) is 29.8 Å². The van der Waals surface area contributed by atoms with E-state index in [1.54, 1.807) is 53.7 Å². The SMILES string of the molecule is C#CN(C(=O)C(CCC(N)=O)NC(=O)OC(C)(C)C)C(C(=O)NC(C)(C)C)c1ccccc1O. The third-order valence-electron chi connectivity index (χ3n) is 4.28. The fourth-order valence-corrected chi connectivity index (χ4v) is 2.98. The molecule has 0 aliphatic rings. The van der Waals surface area contributed by atoms with Crippen LogP contribution in [0.5, 0.6) is 5.75 Å². The Kier molecular flexibility index (Phi) is 9.49. The second-order valence-electron chi connectivity index (χ2n) is 9.74. The smallest absolute Gasteiger partial charge is 0.408 e. The van der Waals surface area contributed by atoms with Gasteiger partial charge in [-0.2, -0.15) is 0 Å². The molecule has 0 radical (unpaired) electrons. The Hall–Kier alpha value is -3.74. The van der Waals surface area contributed by atoms with E-state index in [-0.39, 0.29) is 24.2 Å². The number of aromatic hydroxyl groups is 1. The summed E-state index contributed by atoms with van der Waals surface area (Å²) >= 11 is 0. The lowest BCUT2D eigenvalue weighted by atomic mass is 9.99. The van der Waals surface area contributed by atoms with Crippen molar-refractivity contribution in [3.63, 3.8) is 0 Å². The lowest BCUT2D eigenvalue weighted by Crippen LogP contribution is -2.53. The lowest BCUT2D eigenvalue weighted by Gasteiger charge is -2.32. The van der Waals surface area contributed by atoms with Crippen LogP contribution in [0.2, 0.25) is 0 Å². The molecule has 0 saturated heterocycles. The maximum Gasteiger partial charge on any atom is 0.408 e. The van der Waals surface area contributed by atoms with Gasteiger partial charge in [-0.05, 0) is 54.0 Å². The summed E-state index contributed by atoms with van der Waals surface area (Å²) in [5, 5.41) is 15.6. The number of nitrogens with zero attached hydrogens (tertiary/aromatic N) is 1. The van der Waals surface area contributed by atoms with Gasteiger partial charge in [0.15, 0.2) is 6.04 Å². The first kappa shape index (κ1) is 28.3. The molecule has 10 nitrogen and oxygen atoms in total. The number of hydrogen-bond acceptors (Lipinski definition) is 6. The number of alkyl carbamates (subject to hydrolysis) is 1. The van der Waals surface area contributed by atoms with Gasteiger partial charge in [-0.3, -0.25) is 19.3 Å². The highest BCUT2D eigenvalue weighted by atomic mass is 16.6. The second kappa shape index (κ2) is 11.4. The van der Waals surface area contributed by atoms with Gasteiger partial charge in [-0.25, -0.2) is 4.79 Å². The van der Waals surface area contributed by atoms with Gasteiger partial charge in [0.2, 0.25) is 11.8 Å². The minimum atomic E-state index is -1.42. The Morgan fingerprint density at radius 2 is 1.74 bits per heavy atom. The highest BCUT2D eigenvalue weighted by Gasteiger charge is 2.38. The summed E-state index contributed by atoms with van der Waals surface area (Å²) in [5.74, 6) is -2.45. The highest BCUT2D eigenvalue weighted by molar-refractivity contribution is 5.94. The topological polar surface area (TPSA) is 151 Å². The molecule has 0 aliphatic carbocycles. The van der Waals surface area contributed by atoms with Crippen molar-refractivity contribution in [1.82, 2.24) is 15.5 Å². The minimum absolute atomic E-state index is 0.0847. The van der Waals surface area contributed by atoms with Gasteiger partial charge in [0.1, 0.15) is 17.4 Å². The molecule has 0 bridgehead atoms. The summed E-state index contributed by atoms with van der Waals surface area (Å²) in [4.78, 5) is 51.2. The number of carbonyl (C=O) groups is 4. The van der Waals surface area contributed by atoms with Crippen LogP contribution >= 0.6 is 0 Å². The molecular formula is C24H34N4O6. The Morgan fingerprint density at radius 3 is 2.21 bits per heavy atom. The molecule has 0 heterocycles. The van der Waals surface area contributed by atoms with Gasteiger partial charge in [-0.15, -0.1) is 0 Å². The molecule has 1 aromatic rings. The molecule has 2 unspecified atom stereocenters. The van der Waals surface area contributed by atoms with E-state index in [1.165, 1.54) is 12.1 Å². The highest BCUT2D eigenvalue weighted by Crippen LogP contribution is 2.30. The van der Waals surface area contributed by atoms with Crippen LogP contribution in [0, 0.1) is 12.5 Å². The minimum Gasteiger partial charge on any atom is -0.508 e. The maximum absolute atomic E-state index is 13.5. The number of primary amides is 1. The molecule has 5 N–H and O–H groups in total. The van der Waals surface area contributed by atoms with Gasteiger partial charge in [-0.1, -0.05) is 24.6 Å². The third kappa shape index (κ3) is 9.02. The summed E-state index contributed by atoms with van der Waals surface area (Å²) < 4.78 is 5.21. The first-order chi connectivity index (χ1) is 15.6. The van der Waals surface area contributed by atoms with Gasteiger partial charge < -0.3 is 26.2 Å². The zero-order chi connectivity index (χ0) is 26.3. The third-order valence-corrected chi connectivity index (χ3v) is 4.28. The number of ether oxygens (including phenoxy) is 1. The Bertz CT molecular complexity index is 955. The zero-order valence-electron chi connectivity index (χ0n) is 20.5. The van der Waals surface area contributed by atoms with Crippen LogP contribution in [-0.2, 0) is 19.1 Å². The Morgan fingerprint density at radius 1 is 1.15 bits per heavy atom. The van der Waals surface area contributed by atoms with E-state index in [2.05, 4.69) is 16.7 Å². The van der Waals surface area contributed by atoms with Crippen molar-refractivity contribution >= 4 is 23.8 Å². The molecule has 34 heavy (non-hydrogen) atoms. The standard InChI is InChI=1S/C24H34N4O6/c1-8-28(19(20(31)27-23(2,3)4)15-11-9-10-12-17(15)29)21(32)16(13-14-18(25)30)26-22(33)34-24(5,6)7/h1,9-12,16,19,29H,13-14H2,2-7H3,(H2,25,30)(H,26,33)(H,27,31). The molecule has 1 rings (SSSR count). The van der Waals surface area contributed by atoms with E-state index in [4.69, 9.17) is 16.9 Å². The van der Waals surface area contributed by atoms with E-state index < -0.39 is 47.0 Å². The molecule has 0 fully saturated rings. The van der Waals surface area contributed by atoms with Crippen molar-refractivity contribution in [1.29, 1.82) is 0 Å². The van der Waals surface area contributed by atoms with Crippen molar-refractivity contribution in [2.45, 2.75) is 77.6 Å². The van der Waals surface area contributed by atoms with Crippen molar-refractivity contribution in [3.8, 4) is 18.2 Å². The predicted molar refractivity (Wildman–Crippen MR) is 126 cm³/mol. The number of nitrogens with one attached hydrogen (secondary N) is 2. The number of rotatable bonds is 8. The normalized spacial score (nSPS) is 13.1. The summed E-state index contributed by atoms with van der Waals surface area (Å²) in [6, 6.07) is 5.39. The fourth-order valence-electron chi connectivity index (χ4n) is 2.98. The molecule has 2 atom stereocenters. The van der Waals surface area contributed by atoms with E-state index in [9.17, 15) is 24.3 Å². The molecule has 0 spiro atoms. The summed E-state index contributed by atoms with van der Waals surface area (Å²) in [5.41, 5.74) is 3.78. The van der Waals surface area contributed by atoms with Crippen LogP contribution in [0.4, 0.5) is 4.79 Å². The maximum atomic E-state index is 13.5. The lowest BCUT2D eigenvalue weighted by molar-refractivity contribution is -0.139. The summed E-state index contributed by atoms with van der Waals surface area (Å²) in [6.07, 6.45) is 4.32. The number of nitrogens with two attached hydrogens (primary N) is 1. The molecular weight excluding hydrogens is 440 g/mol. The molecule has 4 amide bonds. The summed E-state index contributed by atoms with van der Waals surface area (Å²) in [6.45, 7) is 10.2. The largest absolute Gasteiger partial charge is 0.508 e. The Labute approximate surface area is 200 Å². The molecule has 0 aromatic heterocycles. The number of carbonyl (C=O) groups excluding carboxylic acids is 4. The molecule has 1 aromatic carbocycles. The van der Waals surface area contributed by atoms with Crippen LogP contribution in [0.25, 0.3) is 0 Å². The molecule has 186 valence electrons. The number of hydrogen-bond donors (Lipinski definition) is 4. The average molecular weight is 475 g/mol. The van der Waals surface area contributed by atoms with Gasteiger partial charge >= 0.3 is 6.09 Å². The van der Waals surface area contributed by atoms with E-state index in [1.807, 2.05) is 0 Å². The van der Waals surface area contributed by atoms with Gasteiger partial charge in [0.05, 0.1) is 0 Å². The summed E-state index contributed by atoms with van der Waals surface area (Å²) in [7, 11) is 0. The fraction of sp³-hybridized carbons (Fsp3) is 0.500. The first-order valence-electron chi connectivity index (χ1n) is 10.7. The number of phenolic OH excluding ortho intramolecular Hbond substituents is 1. The quantitative estimate of drug-likeness (QED) is 0.334.